The molecule has 2 N–H and O–H groups in total. The number of nitrogens with two attached hydrogens (primary N) is 1. The van der Waals surface area contributed by atoms with Crippen LogP contribution in [0.15, 0.2) is 12.3 Å². The van der Waals surface area contributed by atoms with Gasteiger partial charge in [0.05, 0.1) is 12.6 Å². The van der Waals surface area contributed by atoms with Gasteiger partial charge in [-0.15, -0.1) is 0 Å². The van der Waals surface area contributed by atoms with Crippen LogP contribution in [-0.4, -0.2) is 34.8 Å². The van der Waals surface area contributed by atoms with E-state index in [0.717, 1.165) is 19.6 Å². The highest BCUT2D eigenvalue weighted by Gasteiger charge is 1.99. The summed E-state index contributed by atoms with van der Waals surface area (Å²) >= 11 is 0. The standard InChI is InChI=1S/C9H15N5/c1-13(5-2-4-10)7-8-14-6-3-9(11)12-14/h3,6H,2,5,7-8H2,1H3,(H2,11,12). The molecule has 76 valence electrons. The van der Waals surface area contributed by atoms with Crippen LogP contribution in [0.1, 0.15) is 6.42 Å². The summed E-state index contributed by atoms with van der Waals surface area (Å²) < 4.78 is 1.80. The molecule has 0 spiro atoms. The summed E-state index contributed by atoms with van der Waals surface area (Å²) in [7, 11) is 1.99. The van der Waals surface area contributed by atoms with Gasteiger partial charge in [0.25, 0.3) is 0 Å². The highest BCUT2D eigenvalue weighted by molar-refractivity contribution is 5.23. The van der Waals surface area contributed by atoms with E-state index < -0.39 is 0 Å². The summed E-state index contributed by atoms with van der Waals surface area (Å²) in [5, 5.41) is 12.5. The molecule has 0 aromatic carbocycles. The Bertz CT molecular complexity index is 311. The average Bonchev–Trinajstić information content (AvgIpc) is 2.58. The fraction of sp³-hybridized carbons (Fsp3) is 0.556. The Hall–Kier alpha value is -1.54. The van der Waals surface area contributed by atoms with Crippen LogP contribution in [0, 0.1) is 11.3 Å². The number of likely N-dealkylation sites (N-methyl/N-ethyl adjacent to an activating group) is 1. The van der Waals surface area contributed by atoms with Crippen LogP contribution < -0.4 is 5.73 Å². The molecular formula is C9H15N5. The summed E-state index contributed by atoms with van der Waals surface area (Å²) in [6.45, 7) is 2.48. The highest BCUT2D eigenvalue weighted by Crippen LogP contribution is 1.96. The first-order valence-corrected chi connectivity index (χ1v) is 4.57. The van der Waals surface area contributed by atoms with Crippen LogP contribution >= 0.6 is 0 Å². The van der Waals surface area contributed by atoms with Crippen molar-refractivity contribution in [1.29, 1.82) is 5.26 Å². The number of rotatable bonds is 5. The van der Waals surface area contributed by atoms with E-state index in [9.17, 15) is 0 Å². The molecule has 0 bridgehead atoms. The van der Waals surface area contributed by atoms with Crippen molar-refractivity contribution in [3.63, 3.8) is 0 Å². The van der Waals surface area contributed by atoms with Crippen LogP contribution in [-0.2, 0) is 6.54 Å². The minimum absolute atomic E-state index is 0.546. The van der Waals surface area contributed by atoms with Gasteiger partial charge in [-0.3, -0.25) is 4.68 Å². The molecule has 0 aliphatic carbocycles. The lowest BCUT2D eigenvalue weighted by Gasteiger charge is -2.14. The Morgan fingerprint density at radius 1 is 1.64 bits per heavy atom. The van der Waals surface area contributed by atoms with Crippen molar-refractivity contribution in [1.82, 2.24) is 14.7 Å². The number of hydrogen-bond acceptors (Lipinski definition) is 4. The Morgan fingerprint density at radius 3 is 3.00 bits per heavy atom. The van der Waals surface area contributed by atoms with Gasteiger partial charge < -0.3 is 10.6 Å². The zero-order valence-corrected chi connectivity index (χ0v) is 8.35. The van der Waals surface area contributed by atoms with E-state index in [-0.39, 0.29) is 0 Å². The topological polar surface area (TPSA) is 70.9 Å². The second-order valence-corrected chi connectivity index (χ2v) is 3.22. The smallest absolute Gasteiger partial charge is 0.145 e. The molecule has 14 heavy (non-hydrogen) atoms. The monoisotopic (exact) mass is 193 g/mol. The average molecular weight is 193 g/mol. The number of nitriles is 1. The lowest BCUT2D eigenvalue weighted by molar-refractivity contribution is 0.319. The van der Waals surface area contributed by atoms with E-state index in [1.807, 2.05) is 13.2 Å². The molecule has 1 aromatic heterocycles. The summed E-state index contributed by atoms with van der Waals surface area (Å²) in [6, 6.07) is 3.89. The Kier molecular flexibility index (Phi) is 3.95. The number of aromatic nitrogens is 2. The second kappa shape index (κ2) is 5.25. The van der Waals surface area contributed by atoms with E-state index in [1.54, 1.807) is 10.7 Å². The van der Waals surface area contributed by atoms with Crippen LogP contribution in [0.5, 0.6) is 0 Å². The van der Waals surface area contributed by atoms with Crippen molar-refractivity contribution in [2.75, 3.05) is 25.9 Å². The molecule has 0 fully saturated rings. The maximum atomic E-state index is 8.39. The number of nitrogen functional groups attached to an aromatic ring is 1. The maximum absolute atomic E-state index is 8.39. The van der Waals surface area contributed by atoms with Crippen LogP contribution in [0.25, 0.3) is 0 Å². The zero-order chi connectivity index (χ0) is 10.4. The fourth-order valence-corrected chi connectivity index (χ4v) is 1.13. The summed E-state index contributed by atoms with van der Waals surface area (Å²) in [5.74, 6) is 0.546. The Morgan fingerprint density at radius 2 is 2.43 bits per heavy atom. The molecular weight excluding hydrogens is 178 g/mol. The first-order chi connectivity index (χ1) is 6.72. The molecule has 0 saturated heterocycles. The molecule has 0 amide bonds. The van der Waals surface area contributed by atoms with Crippen molar-refractivity contribution >= 4 is 5.82 Å². The van der Waals surface area contributed by atoms with E-state index in [4.69, 9.17) is 11.0 Å². The molecule has 0 radical (unpaired) electrons. The first kappa shape index (κ1) is 10.5. The Balaban J connectivity index is 2.24. The van der Waals surface area contributed by atoms with Crippen LogP contribution in [0.4, 0.5) is 5.82 Å². The SMILES string of the molecule is CN(CCC#N)CCn1ccc(N)n1. The molecule has 0 unspecified atom stereocenters. The zero-order valence-electron chi connectivity index (χ0n) is 8.35. The van der Waals surface area contributed by atoms with Gasteiger partial charge in [0, 0.05) is 25.7 Å². The largest absolute Gasteiger partial charge is 0.382 e. The quantitative estimate of drug-likeness (QED) is 0.730. The number of hydrogen-bond donors (Lipinski definition) is 1. The third kappa shape index (κ3) is 3.46. The van der Waals surface area contributed by atoms with Gasteiger partial charge >= 0.3 is 0 Å². The van der Waals surface area contributed by atoms with Gasteiger partial charge in [0.15, 0.2) is 0 Å². The predicted octanol–water partition coefficient (Wildman–Crippen LogP) is 0.311. The molecule has 5 nitrogen and oxygen atoms in total. The van der Waals surface area contributed by atoms with Gasteiger partial charge in [-0.05, 0) is 13.1 Å². The molecule has 1 heterocycles. The van der Waals surface area contributed by atoms with E-state index in [2.05, 4.69) is 16.1 Å². The van der Waals surface area contributed by atoms with E-state index in [1.165, 1.54) is 0 Å². The predicted molar refractivity (Wildman–Crippen MR) is 54.4 cm³/mol. The number of nitrogens with zero attached hydrogens (tertiary/aromatic N) is 4. The molecule has 5 heteroatoms. The normalized spacial score (nSPS) is 10.4. The van der Waals surface area contributed by atoms with Crippen molar-refractivity contribution in [3.8, 4) is 6.07 Å². The minimum atomic E-state index is 0.546. The Labute approximate surface area is 83.7 Å². The van der Waals surface area contributed by atoms with E-state index >= 15 is 0 Å². The lowest BCUT2D eigenvalue weighted by atomic mass is 10.4. The van der Waals surface area contributed by atoms with Crippen LogP contribution in [0.2, 0.25) is 0 Å². The minimum Gasteiger partial charge on any atom is -0.382 e. The highest BCUT2D eigenvalue weighted by atomic mass is 15.3. The molecule has 0 aliphatic heterocycles. The van der Waals surface area contributed by atoms with Gasteiger partial charge in [0.2, 0.25) is 0 Å². The second-order valence-electron chi connectivity index (χ2n) is 3.22. The molecule has 0 saturated carbocycles. The molecule has 1 rings (SSSR count). The number of anilines is 1. The van der Waals surface area contributed by atoms with Crippen molar-refractivity contribution in [2.45, 2.75) is 13.0 Å². The molecule has 1 aromatic rings. The van der Waals surface area contributed by atoms with E-state index in [0.29, 0.717) is 12.2 Å². The first-order valence-electron chi connectivity index (χ1n) is 4.57. The van der Waals surface area contributed by atoms with Crippen molar-refractivity contribution in [3.05, 3.63) is 12.3 Å². The summed E-state index contributed by atoms with van der Waals surface area (Å²) in [6.07, 6.45) is 2.42. The van der Waals surface area contributed by atoms with Crippen molar-refractivity contribution < 1.29 is 0 Å². The molecule has 0 aliphatic rings. The fourth-order valence-electron chi connectivity index (χ4n) is 1.13. The molecule has 0 atom stereocenters. The summed E-state index contributed by atoms with van der Waals surface area (Å²) in [5.41, 5.74) is 5.48. The van der Waals surface area contributed by atoms with Gasteiger partial charge in [0.1, 0.15) is 5.82 Å². The lowest BCUT2D eigenvalue weighted by Crippen LogP contribution is -2.24. The van der Waals surface area contributed by atoms with Crippen LogP contribution in [0.3, 0.4) is 0 Å². The van der Waals surface area contributed by atoms with Crippen molar-refractivity contribution in [2.24, 2.45) is 0 Å². The maximum Gasteiger partial charge on any atom is 0.145 e. The summed E-state index contributed by atoms with van der Waals surface area (Å²) in [4.78, 5) is 2.10. The third-order valence-electron chi connectivity index (χ3n) is 1.98. The van der Waals surface area contributed by atoms with Gasteiger partial charge in [-0.2, -0.15) is 10.4 Å². The van der Waals surface area contributed by atoms with Gasteiger partial charge in [-0.25, -0.2) is 0 Å². The third-order valence-corrected chi connectivity index (χ3v) is 1.98. The van der Waals surface area contributed by atoms with Gasteiger partial charge in [-0.1, -0.05) is 0 Å².